The zero-order valence-corrected chi connectivity index (χ0v) is 10.9. The molecule has 6 heteroatoms. The van der Waals surface area contributed by atoms with Crippen LogP contribution in [-0.2, 0) is 0 Å². The quantitative estimate of drug-likeness (QED) is 0.462. The van der Waals surface area contributed by atoms with E-state index in [0.29, 0.717) is 5.69 Å². The molecule has 0 aromatic carbocycles. The molecule has 5 nitrogen and oxygen atoms in total. The second-order valence-electron chi connectivity index (χ2n) is 4.07. The molecule has 0 N–H and O–H groups in total. The number of hydrogen-bond donors (Lipinski definition) is 0. The monoisotopic (exact) mass is 276 g/mol. The third-order valence-electron chi connectivity index (χ3n) is 2.70. The fourth-order valence-corrected chi connectivity index (χ4v) is 2.64. The summed E-state index contributed by atoms with van der Waals surface area (Å²) in [6.45, 7) is -0.237. The maximum absolute atomic E-state index is 12.1. The molecule has 0 amide bonds. The van der Waals surface area contributed by atoms with Gasteiger partial charge in [0.15, 0.2) is 5.78 Å². The van der Waals surface area contributed by atoms with E-state index in [2.05, 4.69) is 4.98 Å². The van der Waals surface area contributed by atoms with Crippen molar-refractivity contribution in [1.82, 2.24) is 4.98 Å². The predicted molar refractivity (Wildman–Crippen MR) is 72.1 cm³/mol. The highest BCUT2D eigenvalue weighted by Gasteiger charge is 2.23. The molecule has 0 saturated heterocycles. The van der Waals surface area contributed by atoms with Crippen molar-refractivity contribution in [2.75, 3.05) is 6.54 Å². The molecule has 0 fully saturated rings. The van der Waals surface area contributed by atoms with Crippen LogP contribution in [0.25, 0.3) is 0 Å². The number of nitrogens with zero attached hydrogens (tertiary/aromatic N) is 2. The highest BCUT2D eigenvalue weighted by Crippen LogP contribution is 2.25. The van der Waals surface area contributed by atoms with Crippen molar-refractivity contribution in [1.29, 1.82) is 0 Å². The fraction of sp³-hybridized carbons (Fsp3) is 0.231. The van der Waals surface area contributed by atoms with E-state index >= 15 is 0 Å². The second kappa shape index (κ2) is 6.19. The molecule has 0 unspecified atom stereocenters. The van der Waals surface area contributed by atoms with Gasteiger partial charge in [-0.1, -0.05) is 12.1 Å². The van der Waals surface area contributed by atoms with Crippen LogP contribution in [0.2, 0.25) is 0 Å². The molecule has 2 aromatic heterocycles. The Hall–Kier alpha value is -2.08. The maximum atomic E-state index is 12.1. The van der Waals surface area contributed by atoms with Gasteiger partial charge >= 0.3 is 0 Å². The van der Waals surface area contributed by atoms with E-state index in [0.717, 1.165) is 4.88 Å². The molecular formula is C13H12N2O3S. The first kappa shape index (κ1) is 13.4. The van der Waals surface area contributed by atoms with Crippen LogP contribution in [0.1, 0.15) is 27.7 Å². The van der Waals surface area contributed by atoms with Gasteiger partial charge in [0.05, 0.1) is 5.92 Å². The summed E-state index contributed by atoms with van der Waals surface area (Å²) in [6.07, 6.45) is 1.65. The number of ketones is 1. The lowest BCUT2D eigenvalue weighted by Gasteiger charge is -2.09. The van der Waals surface area contributed by atoms with Crippen molar-refractivity contribution < 1.29 is 9.72 Å². The molecule has 2 aromatic rings. The molecule has 19 heavy (non-hydrogen) atoms. The number of aromatic nitrogens is 1. The first-order chi connectivity index (χ1) is 9.16. The van der Waals surface area contributed by atoms with Gasteiger partial charge in [-0.05, 0) is 23.6 Å². The van der Waals surface area contributed by atoms with Crippen LogP contribution >= 0.6 is 11.3 Å². The predicted octanol–water partition coefficient (Wildman–Crippen LogP) is 2.78. The van der Waals surface area contributed by atoms with Crippen LogP contribution < -0.4 is 0 Å². The molecule has 0 aliphatic rings. The van der Waals surface area contributed by atoms with Gasteiger partial charge in [0.25, 0.3) is 0 Å². The molecule has 2 rings (SSSR count). The zero-order valence-electron chi connectivity index (χ0n) is 10.1. The number of hydrogen-bond acceptors (Lipinski definition) is 5. The average molecular weight is 276 g/mol. The molecule has 0 bridgehead atoms. The third kappa shape index (κ3) is 3.69. The summed E-state index contributed by atoms with van der Waals surface area (Å²) in [6, 6.07) is 8.74. The molecule has 0 spiro atoms. The normalized spacial score (nSPS) is 12.0. The van der Waals surface area contributed by atoms with Gasteiger partial charge in [-0.3, -0.25) is 19.9 Å². The minimum Gasteiger partial charge on any atom is -0.292 e. The van der Waals surface area contributed by atoms with Crippen molar-refractivity contribution in [3.63, 3.8) is 0 Å². The molecule has 2 heterocycles. The van der Waals surface area contributed by atoms with E-state index in [1.165, 1.54) is 11.3 Å². The molecule has 0 aliphatic heterocycles. The number of carbonyl (C=O) groups is 1. The smallest absolute Gasteiger partial charge is 0.211 e. The van der Waals surface area contributed by atoms with E-state index in [1.807, 2.05) is 17.5 Å². The van der Waals surface area contributed by atoms with Gasteiger partial charge < -0.3 is 0 Å². The van der Waals surface area contributed by atoms with Crippen molar-refractivity contribution >= 4 is 17.1 Å². The Bertz CT molecular complexity index is 555. The first-order valence-electron chi connectivity index (χ1n) is 5.76. The van der Waals surface area contributed by atoms with Gasteiger partial charge in [-0.25, -0.2) is 0 Å². The van der Waals surface area contributed by atoms with E-state index in [1.54, 1.807) is 24.4 Å². The van der Waals surface area contributed by atoms with Gasteiger partial charge in [0.2, 0.25) is 6.54 Å². The Labute approximate surface area is 114 Å². The number of pyridine rings is 1. The molecule has 0 radical (unpaired) electrons. The summed E-state index contributed by atoms with van der Waals surface area (Å²) in [7, 11) is 0. The number of nitro groups is 1. The van der Waals surface area contributed by atoms with Crippen LogP contribution in [0.15, 0.2) is 41.9 Å². The Kier molecular flexibility index (Phi) is 4.35. The topological polar surface area (TPSA) is 73.1 Å². The van der Waals surface area contributed by atoms with Gasteiger partial charge in [0, 0.05) is 22.4 Å². The molecule has 0 aliphatic carbocycles. The van der Waals surface area contributed by atoms with Crippen molar-refractivity contribution in [3.8, 4) is 0 Å². The maximum Gasteiger partial charge on any atom is 0.211 e. The highest BCUT2D eigenvalue weighted by molar-refractivity contribution is 7.10. The summed E-state index contributed by atoms with van der Waals surface area (Å²) in [4.78, 5) is 27.2. The summed E-state index contributed by atoms with van der Waals surface area (Å²) in [5, 5.41) is 12.6. The zero-order chi connectivity index (χ0) is 13.7. The van der Waals surface area contributed by atoms with Crippen LogP contribution in [0.4, 0.5) is 0 Å². The Balaban J connectivity index is 2.12. The lowest BCUT2D eigenvalue weighted by molar-refractivity contribution is -0.483. The highest BCUT2D eigenvalue weighted by atomic mass is 32.1. The molecular weight excluding hydrogens is 264 g/mol. The third-order valence-corrected chi connectivity index (χ3v) is 3.73. The van der Waals surface area contributed by atoms with Crippen molar-refractivity contribution in [2.45, 2.75) is 12.3 Å². The summed E-state index contributed by atoms with van der Waals surface area (Å²) >= 11 is 1.43. The average Bonchev–Trinajstić information content (AvgIpc) is 2.92. The molecule has 98 valence electrons. The summed E-state index contributed by atoms with van der Waals surface area (Å²) < 4.78 is 0. The van der Waals surface area contributed by atoms with Crippen LogP contribution in [0.3, 0.4) is 0 Å². The van der Waals surface area contributed by atoms with E-state index < -0.39 is 0 Å². The van der Waals surface area contributed by atoms with Gasteiger partial charge in [-0.2, -0.15) is 0 Å². The number of Topliss-reactive ketones (excluding diaryl/α,β-unsaturated/α-hetero) is 1. The Morgan fingerprint density at radius 1 is 1.37 bits per heavy atom. The standard InChI is InChI=1S/C13H12N2O3S/c16-12(11-4-1-2-6-14-11)8-10(9-15(17)18)13-5-3-7-19-13/h1-7,10H,8-9H2/t10-/m0/s1. The number of rotatable bonds is 6. The summed E-state index contributed by atoms with van der Waals surface area (Å²) in [5.41, 5.74) is 0.354. The summed E-state index contributed by atoms with van der Waals surface area (Å²) in [5.74, 6) is -0.551. The van der Waals surface area contributed by atoms with Crippen molar-refractivity contribution in [3.05, 3.63) is 62.6 Å². The van der Waals surface area contributed by atoms with Gasteiger partial charge in [-0.15, -0.1) is 11.3 Å². The number of carbonyl (C=O) groups excluding carboxylic acids is 1. The molecule has 0 saturated carbocycles. The van der Waals surface area contributed by atoms with Crippen LogP contribution in [0.5, 0.6) is 0 Å². The van der Waals surface area contributed by atoms with Gasteiger partial charge in [0.1, 0.15) is 5.69 Å². The number of thiophene rings is 1. The Morgan fingerprint density at radius 2 is 2.21 bits per heavy atom. The lowest BCUT2D eigenvalue weighted by atomic mass is 9.99. The minimum absolute atomic E-state index is 0.110. The van der Waals surface area contributed by atoms with Crippen LogP contribution in [0, 0.1) is 10.1 Å². The van der Waals surface area contributed by atoms with E-state index in [9.17, 15) is 14.9 Å². The first-order valence-corrected chi connectivity index (χ1v) is 6.64. The Morgan fingerprint density at radius 3 is 2.79 bits per heavy atom. The minimum atomic E-state index is -0.385. The van der Waals surface area contributed by atoms with Crippen molar-refractivity contribution in [2.24, 2.45) is 0 Å². The lowest BCUT2D eigenvalue weighted by Crippen LogP contribution is -2.16. The largest absolute Gasteiger partial charge is 0.292 e. The van der Waals surface area contributed by atoms with Crippen LogP contribution in [-0.4, -0.2) is 22.2 Å². The second-order valence-corrected chi connectivity index (χ2v) is 5.05. The van der Waals surface area contributed by atoms with E-state index in [-0.39, 0.29) is 29.6 Å². The molecule has 1 atom stereocenters. The fourth-order valence-electron chi connectivity index (χ4n) is 1.81. The SMILES string of the molecule is O=C(C[C@@H](C[N+](=O)[O-])c1cccs1)c1ccccn1. The van der Waals surface area contributed by atoms with E-state index in [4.69, 9.17) is 0 Å².